The fraction of sp³-hybridized carbons (Fsp3) is 0.591. The fourth-order valence-corrected chi connectivity index (χ4v) is 5.32. The second kappa shape index (κ2) is 6.95. The summed E-state index contributed by atoms with van der Waals surface area (Å²) in [6.45, 7) is 6.69. The zero-order valence-corrected chi connectivity index (χ0v) is 16.7. The van der Waals surface area contributed by atoms with Crippen LogP contribution in [-0.2, 0) is 13.6 Å². The molecule has 4 rings (SSSR count). The zero-order chi connectivity index (χ0) is 19.2. The van der Waals surface area contributed by atoms with Crippen molar-refractivity contribution in [2.45, 2.75) is 51.7 Å². The maximum Gasteiger partial charge on any atom is 0.276 e. The first-order valence-electron chi connectivity index (χ1n) is 10.2. The molecule has 2 aromatic rings. The smallest absolute Gasteiger partial charge is 0.276 e. The van der Waals surface area contributed by atoms with Gasteiger partial charge >= 0.3 is 0 Å². The van der Waals surface area contributed by atoms with Crippen molar-refractivity contribution in [1.82, 2.24) is 14.3 Å². The topological polar surface area (TPSA) is 50.4 Å². The summed E-state index contributed by atoms with van der Waals surface area (Å²) in [7, 11) is 1.95. The monoisotopic (exact) mass is 369 g/mol. The van der Waals surface area contributed by atoms with Gasteiger partial charge in [0.2, 0.25) is 0 Å². The average molecular weight is 370 g/mol. The van der Waals surface area contributed by atoms with Crippen molar-refractivity contribution in [1.29, 1.82) is 0 Å². The van der Waals surface area contributed by atoms with E-state index in [1.165, 1.54) is 6.42 Å². The highest BCUT2D eigenvalue weighted by Gasteiger charge is 2.47. The van der Waals surface area contributed by atoms with E-state index in [1.807, 2.05) is 49.0 Å². The van der Waals surface area contributed by atoms with Crippen molar-refractivity contribution in [2.75, 3.05) is 13.1 Å². The van der Waals surface area contributed by atoms with Gasteiger partial charge in [-0.3, -0.25) is 14.4 Å². The predicted octanol–water partition coefficient (Wildman–Crippen LogP) is 2.86. The standard InChI is InChI=1S/C22H31N3O2/c1-4-22(27)12-8-9-17-13-24(15-20(17)22)14-19-16(2)23(3)25(21(19)26)18-10-6-5-7-11-18/h5-7,10-11,17,20,27H,4,8-9,12-15H2,1-3H3/t17-,20+,22-/m0/s1. The first-order valence-corrected chi connectivity index (χ1v) is 10.2. The molecule has 1 saturated carbocycles. The summed E-state index contributed by atoms with van der Waals surface area (Å²) >= 11 is 0. The SMILES string of the molecule is CC[C@]1(O)CCC[C@H]2CN(Cc3c(C)n(C)n(-c4ccccc4)c3=O)C[C@H]21. The van der Waals surface area contributed by atoms with Crippen LogP contribution in [0.25, 0.3) is 5.69 Å². The van der Waals surface area contributed by atoms with E-state index in [1.54, 1.807) is 4.68 Å². The molecule has 146 valence electrons. The van der Waals surface area contributed by atoms with Crippen molar-refractivity contribution < 1.29 is 5.11 Å². The van der Waals surface area contributed by atoms with Crippen LogP contribution in [0.1, 0.15) is 43.9 Å². The Kier molecular flexibility index (Phi) is 4.77. The van der Waals surface area contributed by atoms with Crippen molar-refractivity contribution in [3.8, 4) is 5.69 Å². The molecule has 0 radical (unpaired) electrons. The predicted molar refractivity (Wildman–Crippen MR) is 107 cm³/mol. The minimum atomic E-state index is -0.520. The lowest BCUT2D eigenvalue weighted by Gasteiger charge is -2.40. The number of aromatic nitrogens is 2. The Labute approximate surface area is 161 Å². The maximum atomic E-state index is 13.2. The summed E-state index contributed by atoms with van der Waals surface area (Å²) in [5.74, 6) is 0.903. The van der Waals surface area contributed by atoms with E-state index in [0.717, 1.165) is 49.3 Å². The van der Waals surface area contributed by atoms with Crippen molar-refractivity contribution in [2.24, 2.45) is 18.9 Å². The molecule has 5 nitrogen and oxygen atoms in total. The highest BCUT2D eigenvalue weighted by molar-refractivity contribution is 5.33. The molecule has 1 aliphatic carbocycles. The molecular weight excluding hydrogens is 338 g/mol. The molecule has 5 heteroatoms. The zero-order valence-electron chi connectivity index (χ0n) is 16.7. The number of likely N-dealkylation sites (tertiary alicyclic amines) is 1. The number of hydrogen-bond acceptors (Lipinski definition) is 3. The van der Waals surface area contributed by atoms with Crippen molar-refractivity contribution in [3.05, 3.63) is 51.9 Å². The molecule has 2 fully saturated rings. The van der Waals surface area contributed by atoms with Gasteiger partial charge in [0.15, 0.2) is 0 Å². The second-order valence-corrected chi connectivity index (χ2v) is 8.45. The number of aliphatic hydroxyl groups is 1. The van der Waals surface area contributed by atoms with Crippen LogP contribution in [-0.4, -0.2) is 38.1 Å². The van der Waals surface area contributed by atoms with E-state index in [4.69, 9.17) is 0 Å². The van der Waals surface area contributed by atoms with Crippen molar-refractivity contribution in [3.63, 3.8) is 0 Å². The Balaban J connectivity index is 1.60. The van der Waals surface area contributed by atoms with Gasteiger partial charge in [-0.1, -0.05) is 31.5 Å². The van der Waals surface area contributed by atoms with E-state index in [2.05, 4.69) is 11.8 Å². The fourth-order valence-electron chi connectivity index (χ4n) is 5.32. The van der Waals surface area contributed by atoms with Crippen LogP contribution in [0.5, 0.6) is 0 Å². The second-order valence-electron chi connectivity index (χ2n) is 8.45. The summed E-state index contributed by atoms with van der Waals surface area (Å²) in [5.41, 5.74) is 2.34. The minimum Gasteiger partial charge on any atom is -0.390 e. The Morgan fingerprint density at radius 2 is 1.96 bits per heavy atom. The van der Waals surface area contributed by atoms with Crippen LogP contribution in [0.2, 0.25) is 0 Å². The summed E-state index contributed by atoms with van der Waals surface area (Å²) in [4.78, 5) is 15.6. The van der Waals surface area contributed by atoms with Crippen LogP contribution >= 0.6 is 0 Å². The third-order valence-corrected chi connectivity index (χ3v) is 7.06. The highest BCUT2D eigenvalue weighted by Crippen LogP contribution is 2.44. The number of hydrogen-bond donors (Lipinski definition) is 1. The molecule has 1 aliphatic heterocycles. The quantitative estimate of drug-likeness (QED) is 0.902. The van der Waals surface area contributed by atoms with Crippen LogP contribution in [0.4, 0.5) is 0 Å². The molecule has 1 aromatic carbocycles. The molecule has 1 N–H and O–H groups in total. The minimum absolute atomic E-state index is 0.0711. The molecule has 3 atom stereocenters. The first-order chi connectivity index (χ1) is 12.9. The third-order valence-electron chi connectivity index (χ3n) is 7.06. The van der Waals surface area contributed by atoms with Crippen LogP contribution in [0.3, 0.4) is 0 Å². The summed E-state index contributed by atoms with van der Waals surface area (Å²) in [6, 6.07) is 9.82. The van der Waals surface area contributed by atoms with Gasteiger partial charge in [-0.2, -0.15) is 0 Å². The van der Waals surface area contributed by atoms with Crippen LogP contribution in [0.15, 0.2) is 35.1 Å². The van der Waals surface area contributed by atoms with E-state index in [0.29, 0.717) is 18.4 Å². The van der Waals surface area contributed by atoms with Gasteiger partial charge < -0.3 is 5.11 Å². The molecule has 2 aliphatic rings. The Morgan fingerprint density at radius 1 is 1.22 bits per heavy atom. The summed E-state index contributed by atoms with van der Waals surface area (Å²) in [6.07, 6.45) is 4.06. The molecule has 1 saturated heterocycles. The number of fused-ring (bicyclic) bond motifs is 1. The lowest BCUT2D eigenvalue weighted by molar-refractivity contribution is -0.0613. The molecule has 0 spiro atoms. The molecule has 0 amide bonds. The molecule has 0 unspecified atom stereocenters. The Morgan fingerprint density at radius 3 is 2.67 bits per heavy atom. The summed E-state index contributed by atoms with van der Waals surface area (Å²) < 4.78 is 3.72. The largest absolute Gasteiger partial charge is 0.390 e. The van der Waals surface area contributed by atoms with Gasteiger partial charge in [0.05, 0.1) is 16.9 Å². The van der Waals surface area contributed by atoms with E-state index < -0.39 is 5.60 Å². The highest BCUT2D eigenvalue weighted by atomic mass is 16.3. The maximum absolute atomic E-state index is 13.2. The van der Waals surface area contributed by atoms with Crippen molar-refractivity contribution >= 4 is 0 Å². The number of benzene rings is 1. The van der Waals surface area contributed by atoms with Gasteiger partial charge in [0.1, 0.15) is 0 Å². The van der Waals surface area contributed by atoms with Gasteiger partial charge in [0, 0.05) is 38.3 Å². The van der Waals surface area contributed by atoms with Gasteiger partial charge in [0.25, 0.3) is 5.56 Å². The third kappa shape index (κ3) is 3.07. The number of rotatable bonds is 4. The normalized spacial score (nSPS) is 28.4. The van der Waals surface area contributed by atoms with Gasteiger partial charge in [-0.05, 0) is 44.2 Å². The van der Waals surface area contributed by atoms with Crippen LogP contribution < -0.4 is 5.56 Å². The molecular formula is C22H31N3O2. The first kappa shape index (κ1) is 18.5. The average Bonchev–Trinajstić information content (AvgIpc) is 3.18. The van der Waals surface area contributed by atoms with Gasteiger partial charge in [-0.25, -0.2) is 4.68 Å². The lowest BCUT2D eigenvalue weighted by atomic mass is 9.69. The molecule has 27 heavy (non-hydrogen) atoms. The van der Waals surface area contributed by atoms with E-state index in [9.17, 15) is 9.90 Å². The van der Waals surface area contributed by atoms with E-state index in [-0.39, 0.29) is 5.56 Å². The Bertz CT molecular complexity index is 870. The van der Waals surface area contributed by atoms with Gasteiger partial charge in [-0.15, -0.1) is 0 Å². The number of para-hydroxylation sites is 1. The molecule has 1 aromatic heterocycles. The molecule has 2 heterocycles. The van der Waals surface area contributed by atoms with Crippen LogP contribution in [0, 0.1) is 18.8 Å². The number of nitrogens with zero attached hydrogens (tertiary/aromatic N) is 3. The molecule has 0 bridgehead atoms. The summed E-state index contributed by atoms with van der Waals surface area (Å²) in [5, 5.41) is 11.0. The Hall–Kier alpha value is -1.85. The van der Waals surface area contributed by atoms with E-state index >= 15 is 0 Å². The lowest BCUT2D eigenvalue weighted by Crippen LogP contribution is -2.44.